The van der Waals surface area contributed by atoms with E-state index in [2.05, 4.69) is 0 Å². The number of benzene rings is 1. The third kappa shape index (κ3) is 3.39. The fourth-order valence-corrected chi connectivity index (χ4v) is 5.28. The first-order valence-electron chi connectivity index (χ1n) is 8.51. The smallest absolute Gasteiger partial charge is 0.243 e. The van der Waals surface area contributed by atoms with E-state index in [0.717, 1.165) is 25.7 Å². The van der Waals surface area contributed by atoms with Gasteiger partial charge in [0.2, 0.25) is 10.0 Å². The van der Waals surface area contributed by atoms with Gasteiger partial charge in [-0.3, -0.25) is 0 Å². The maximum atomic E-state index is 12.9. The molecule has 2 aliphatic rings. The molecule has 0 spiro atoms. The lowest BCUT2D eigenvalue weighted by atomic mass is 9.78. The molecule has 23 heavy (non-hydrogen) atoms. The average molecular weight is 338 g/mol. The van der Waals surface area contributed by atoms with E-state index >= 15 is 0 Å². The van der Waals surface area contributed by atoms with Gasteiger partial charge in [-0.05, 0) is 55.4 Å². The van der Waals surface area contributed by atoms with Gasteiger partial charge in [-0.2, -0.15) is 4.31 Å². The van der Waals surface area contributed by atoms with Crippen LogP contribution in [0, 0.1) is 11.8 Å². The summed E-state index contributed by atoms with van der Waals surface area (Å²) in [5, 5.41) is 0. The van der Waals surface area contributed by atoms with E-state index in [4.69, 9.17) is 10.5 Å². The van der Waals surface area contributed by atoms with E-state index in [1.54, 1.807) is 28.6 Å². The maximum Gasteiger partial charge on any atom is 0.243 e. The molecule has 1 aliphatic heterocycles. The minimum Gasteiger partial charge on any atom is -0.494 e. The summed E-state index contributed by atoms with van der Waals surface area (Å²) in [7, 11) is -3.44. The highest BCUT2D eigenvalue weighted by molar-refractivity contribution is 7.89. The van der Waals surface area contributed by atoms with Crippen LogP contribution in [-0.4, -0.2) is 38.5 Å². The van der Waals surface area contributed by atoms with Crippen molar-refractivity contribution < 1.29 is 13.2 Å². The number of hydrogen-bond donors (Lipinski definition) is 1. The summed E-state index contributed by atoms with van der Waals surface area (Å²) in [4.78, 5) is 0.341. The Kier molecular flexibility index (Phi) is 4.94. The zero-order valence-corrected chi connectivity index (χ0v) is 14.5. The summed E-state index contributed by atoms with van der Waals surface area (Å²) < 4.78 is 32.8. The van der Waals surface area contributed by atoms with Crippen LogP contribution in [-0.2, 0) is 10.0 Å². The lowest BCUT2D eigenvalue weighted by Crippen LogP contribution is -2.38. The van der Waals surface area contributed by atoms with Gasteiger partial charge in [0.15, 0.2) is 0 Å². The molecule has 0 bridgehead atoms. The predicted octanol–water partition coefficient (Wildman–Crippen LogP) is 2.22. The Morgan fingerprint density at radius 2 is 1.96 bits per heavy atom. The number of ether oxygens (including phenoxy) is 1. The maximum absolute atomic E-state index is 12.9. The molecular weight excluding hydrogens is 312 g/mol. The summed E-state index contributed by atoms with van der Waals surface area (Å²) in [5.74, 6) is 1.44. The number of fused-ring (bicyclic) bond motifs is 1. The summed E-state index contributed by atoms with van der Waals surface area (Å²) >= 11 is 0. The minimum atomic E-state index is -3.44. The fraction of sp³-hybridized carbons (Fsp3) is 0.647. The Labute approximate surface area is 138 Å². The van der Waals surface area contributed by atoms with Crippen LogP contribution in [0.15, 0.2) is 29.2 Å². The molecule has 128 valence electrons. The highest BCUT2D eigenvalue weighted by Crippen LogP contribution is 2.37. The molecule has 1 aromatic carbocycles. The predicted molar refractivity (Wildman–Crippen MR) is 89.8 cm³/mol. The van der Waals surface area contributed by atoms with Crippen molar-refractivity contribution in [1.82, 2.24) is 4.31 Å². The van der Waals surface area contributed by atoms with Crippen LogP contribution in [0.5, 0.6) is 5.75 Å². The monoisotopic (exact) mass is 338 g/mol. The van der Waals surface area contributed by atoms with Crippen LogP contribution in [0.1, 0.15) is 32.6 Å². The number of hydrogen-bond acceptors (Lipinski definition) is 4. The fourth-order valence-electron chi connectivity index (χ4n) is 3.75. The van der Waals surface area contributed by atoms with Crippen molar-refractivity contribution in [3.63, 3.8) is 0 Å². The number of nitrogens with zero attached hydrogens (tertiary/aromatic N) is 1. The Hall–Kier alpha value is -1.11. The van der Waals surface area contributed by atoms with Gasteiger partial charge >= 0.3 is 0 Å². The quantitative estimate of drug-likeness (QED) is 0.893. The highest BCUT2D eigenvalue weighted by Gasteiger charge is 2.43. The summed E-state index contributed by atoms with van der Waals surface area (Å²) in [6.07, 6.45) is 4.14. The first-order valence-corrected chi connectivity index (χ1v) is 9.95. The molecule has 5 nitrogen and oxygen atoms in total. The SMILES string of the molecule is CCCOc1ccc(S(=O)(=O)N2CC3CCCC(N)C3C2)cc1. The van der Waals surface area contributed by atoms with E-state index in [1.165, 1.54) is 0 Å². The molecule has 1 saturated carbocycles. The molecule has 0 aromatic heterocycles. The molecule has 1 heterocycles. The number of nitrogens with two attached hydrogens (primary N) is 1. The Bertz CT molecular complexity index is 630. The number of sulfonamides is 1. The third-order valence-electron chi connectivity index (χ3n) is 5.05. The minimum absolute atomic E-state index is 0.138. The van der Waals surface area contributed by atoms with Crippen molar-refractivity contribution in [2.24, 2.45) is 17.6 Å². The lowest BCUT2D eigenvalue weighted by molar-refractivity contribution is 0.260. The Balaban J connectivity index is 1.74. The highest BCUT2D eigenvalue weighted by atomic mass is 32.2. The zero-order chi connectivity index (χ0) is 16.4. The van der Waals surface area contributed by atoms with Gasteiger partial charge in [0, 0.05) is 19.1 Å². The van der Waals surface area contributed by atoms with E-state index in [9.17, 15) is 8.42 Å². The Morgan fingerprint density at radius 1 is 1.22 bits per heavy atom. The normalized spacial score (nSPS) is 28.5. The van der Waals surface area contributed by atoms with Crippen LogP contribution in [0.2, 0.25) is 0 Å². The standard InChI is InChI=1S/C17H26N2O3S/c1-2-10-22-14-6-8-15(9-7-14)23(20,21)19-11-13-4-3-5-17(18)16(13)12-19/h6-9,13,16-17H,2-5,10-12,18H2,1H3. The van der Waals surface area contributed by atoms with Gasteiger partial charge in [-0.1, -0.05) is 13.3 Å². The van der Waals surface area contributed by atoms with Crippen LogP contribution < -0.4 is 10.5 Å². The lowest BCUT2D eigenvalue weighted by Gasteiger charge is -2.29. The van der Waals surface area contributed by atoms with Gasteiger partial charge in [0.1, 0.15) is 5.75 Å². The van der Waals surface area contributed by atoms with Gasteiger partial charge in [-0.15, -0.1) is 0 Å². The molecule has 1 saturated heterocycles. The first kappa shape index (κ1) is 16.7. The second-order valence-corrected chi connectivity index (χ2v) is 8.60. The summed E-state index contributed by atoms with van der Waals surface area (Å²) in [6.45, 7) is 3.84. The second kappa shape index (κ2) is 6.79. The molecule has 2 N–H and O–H groups in total. The topological polar surface area (TPSA) is 72.6 Å². The second-order valence-electron chi connectivity index (χ2n) is 6.66. The molecule has 1 aliphatic carbocycles. The third-order valence-corrected chi connectivity index (χ3v) is 6.90. The largest absolute Gasteiger partial charge is 0.494 e. The zero-order valence-electron chi connectivity index (χ0n) is 13.6. The van der Waals surface area contributed by atoms with Gasteiger partial charge in [0.05, 0.1) is 11.5 Å². The van der Waals surface area contributed by atoms with Gasteiger partial charge in [-0.25, -0.2) is 8.42 Å². The van der Waals surface area contributed by atoms with E-state index in [-0.39, 0.29) is 6.04 Å². The van der Waals surface area contributed by atoms with Gasteiger partial charge < -0.3 is 10.5 Å². The van der Waals surface area contributed by atoms with Crippen molar-refractivity contribution >= 4 is 10.0 Å². The van der Waals surface area contributed by atoms with Crippen LogP contribution >= 0.6 is 0 Å². The Morgan fingerprint density at radius 3 is 2.61 bits per heavy atom. The molecule has 0 radical (unpaired) electrons. The molecule has 6 heteroatoms. The van der Waals surface area contributed by atoms with Crippen LogP contribution in [0.3, 0.4) is 0 Å². The molecule has 2 fully saturated rings. The first-order chi connectivity index (χ1) is 11.0. The molecular formula is C17H26N2O3S. The molecule has 0 amide bonds. The van der Waals surface area contributed by atoms with Gasteiger partial charge in [0.25, 0.3) is 0 Å². The van der Waals surface area contributed by atoms with E-state index in [0.29, 0.717) is 42.2 Å². The molecule has 3 rings (SSSR count). The van der Waals surface area contributed by atoms with E-state index < -0.39 is 10.0 Å². The molecule has 3 unspecified atom stereocenters. The molecule has 1 aromatic rings. The van der Waals surface area contributed by atoms with Crippen LogP contribution in [0.4, 0.5) is 0 Å². The van der Waals surface area contributed by atoms with Crippen molar-refractivity contribution in [2.45, 2.75) is 43.5 Å². The van der Waals surface area contributed by atoms with Crippen molar-refractivity contribution in [2.75, 3.05) is 19.7 Å². The van der Waals surface area contributed by atoms with E-state index in [1.807, 2.05) is 6.92 Å². The summed E-state index contributed by atoms with van der Waals surface area (Å²) in [6, 6.07) is 6.89. The van der Waals surface area contributed by atoms with Crippen molar-refractivity contribution in [1.29, 1.82) is 0 Å². The summed E-state index contributed by atoms with van der Waals surface area (Å²) in [5.41, 5.74) is 6.19. The number of rotatable bonds is 5. The van der Waals surface area contributed by atoms with Crippen molar-refractivity contribution in [3.05, 3.63) is 24.3 Å². The average Bonchev–Trinajstić information content (AvgIpc) is 3.00. The van der Waals surface area contributed by atoms with Crippen LogP contribution in [0.25, 0.3) is 0 Å². The van der Waals surface area contributed by atoms with Crippen molar-refractivity contribution in [3.8, 4) is 5.75 Å². The molecule has 3 atom stereocenters.